The number of unbranched alkanes of at least 4 members (excludes halogenated alkanes) is 1. The Kier molecular flexibility index (Phi) is 8.83. The summed E-state index contributed by atoms with van der Waals surface area (Å²) in [6.07, 6.45) is 4.28. The number of carboxylic acid groups (broad SMARTS) is 1. The highest BCUT2D eigenvalue weighted by atomic mass is 19.4. The fourth-order valence-electron chi connectivity index (χ4n) is 2.55. The highest BCUT2D eigenvalue weighted by Gasteiger charge is 2.38. The van der Waals surface area contributed by atoms with Crippen LogP contribution in [-0.4, -0.2) is 43.3 Å². The van der Waals surface area contributed by atoms with Gasteiger partial charge in [-0.3, -0.25) is 0 Å². The van der Waals surface area contributed by atoms with Crippen molar-refractivity contribution in [1.82, 2.24) is 19.5 Å². The van der Waals surface area contributed by atoms with Gasteiger partial charge in [0.25, 0.3) is 0 Å². The molecule has 3 aromatic rings. The van der Waals surface area contributed by atoms with Gasteiger partial charge in [-0.2, -0.15) is 23.1 Å². The van der Waals surface area contributed by atoms with Gasteiger partial charge in [0.2, 0.25) is 5.95 Å². The van der Waals surface area contributed by atoms with E-state index in [2.05, 4.69) is 55.1 Å². The predicted molar refractivity (Wildman–Crippen MR) is 115 cm³/mol. The third-order valence-corrected chi connectivity index (χ3v) is 4.11. The number of hydrogen-bond donors (Lipinski definition) is 3. The quantitative estimate of drug-likeness (QED) is 0.449. The number of hydrogen-bond acceptors (Lipinski definition) is 6. The predicted octanol–water partition coefficient (Wildman–Crippen LogP) is 3.92. The van der Waals surface area contributed by atoms with E-state index in [9.17, 15) is 13.2 Å². The van der Waals surface area contributed by atoms with Crippen LogP contribution < -0.4 is 10.6 Å². The largest absolute Gasteiger partial charge is 0.490 e. The molecule has 0 aliphatic carbocycles. The van der Waals surface area contributed by atoms with Gasteiger partial charge in [-0.05, 0) is 12.0 Å². The molecule has 2 aromatic heterocycles. The van der Waals surface area contributed by atoms with E-state index in [1.54, 1.807) is 0 Å². The van der Waals surface area contributed by atoms with Gasteiger partial charge in [0.1, 0.15) is 0 Å². The molecule has 0 saturated heterocycles. The van der Waals surface area contributed by atoms with E-state index in [4.69, 9.17) is 16.3 Å². The summed E-state index contributed by atoms with van der Waals surface area (Å²) in [6.45, 7) is 4.10. The summed E-state index contributed by atoms with van der Waals surface area (Å²) in [5.41, 5.74) is 2.77. The summed E-state index contributed by atoms with van der Waals surface area (Å²) in [7, 11) is 0. The van der Waals surface area contributed by atoms with Crippen LogP contribution in [0.5, 0.6) is 0 Å². The fraction of sp³-hybridized carbons (Fsp3) is 0.333. The SMILES string of the molecule is C#CCNc1nc(NCc2ccccc2)c2ncn(CCCC)c2n1.O=C(O)C(F)(F)F. The van der Waals surface area contributed by atoms with Crippen molar-refractivity contribution < 1.29 is 23.1 Å². The van der Waals surface area contributed by atoms with E-state index in [1.807, 2.05) is 24.5 Å². The van der Waals surface area contributed by atoms with Crippen LogP contribution in [0.4, 0.5) is 24.9 Å². The number of aliphatic carboxylic acids is 1. The lowest BCUT2D eigenvalue weighted by Gasteiger charge is -2.10. The molecule has 1 aromatic carbocycles. The lowest BCUT2D eigenvalue weighted by Crippen LogP contribution is -2.21. The number of imidazole rings is 1. The monoisotopic (exact) mass is 448 g/mol. The van der Waals surface area contributed by atoms with Crippen molar-refractivity contribution >= 4 is 28.9 Å². The van der Waals surface area contributed by atoms with Gasteiger partial charge in [0.15, 0.2) is 17.0 Å². The standard InChI is InChI=1S/C19H22N6.C2HF3O2/c1-3-5-12-25-14-22-16-17(21-13-15-9-7-6-8-10-15)23-19(20-11-4-2)24-18(16)25;3-2(4,5)1(6)7/h2,6-10,14H,3,5,11-13H2,1H3,(H2,20,21,23,24);(H,6,7). The molecule has 32 heavy (non-hydrogen) atoms. The summed E-state index contributed by atoms with van der Waals surface area (Å²) in [5, 5.41) is 13.6. The van der Waals surface area contributed by atoms with Crippen molar-refractivity contribution in [3.63, 3.8) is 0 Å². The summed E-state index contributed by atoms with van der Waals surface area (Å²) >= 11 is 0. The van der Waals surface area contributed by atoms with Crippen molar-refractivity contribution in [2.45, 2.75) is 39.0 Å². The minimum atomic E-state index is -5.08. The van der Waals surface area contributed by atoms with Gasteiger partial charge in [-0.25, -0.2) is 9.78 Å². The molecule has 0 saturated carbocycles. The first-order valence-corrected chi connectivity index (χ1v) is 9.74. The van der Waals surface area contributed by atoms with E-state index in [1.165, 1.54) is 5.56 Å². The second-order valence-corrected chi connectivity index (χ2v) is 6.56. The molecule has 3 N–H and O–H groups in total. The number of benzene rings is 1. The minimum absolute atomic E-state index is 0.382. The molecule has 2 heterocycles. The van der Waals surface area contributed by atoms with Crippen molar-refractivity contribution in [1.29, 1.82) is 0 Å². The highest BCUT2D eigenvalue weighted by molar-refractivity contribution is 5.84. The van der Waals surface area contributed by atoms with Crippen LogP contribution in [0.1, 0.15) is 25.3 Å². The minimum Gasteiger partial charge on any atom is -0.475 e. The molecular formula is C21H23F3N6O2. The van der Waals surface area contributed by atoms with Gasteiger partial charge in [-0.15, -0.1) is 6.42 Å². The van der Waals surface area contributed by atoms with Crippen molar-refractivity contribution in [2.24, 2.45) is 0 Å². The van der Waals surface area contributed by atoms with E-state index in [0.717, 1.165) is 30.6 Å². The first kappa shape index (κ1) is 24.5. The second-order valence-electron chi connectivity index (χ2n) is 6.56. The Morgan fingerprint density at radius 3 is 2.50 bits per heavy atom. The Hall–Kier alpha value is -3.81. The van der Waals surface area contributed by atoms with Gasteiger partial charge in [-0.1, -0.05) is 49.6 Å². The number of halogens is 3. The van der Waals surface area contributed by atoms with E-state index < -0.39 is 12.1 Å². The van der Waals surface area contributed by atoms with Crippen molar-refractivity contribution in [2.75, 3.05) is 17.2 Å². The number of alkyl halides is 3. The molecule has 0 unspecified atom stereocenters. The number of carbonyl (C=O) groups is 1. The molecule has 11 heteroatoms. The first-order chi connectivity index (χ1) is 15.3. The van der Waals surface area contributed by atoms with Crippen LogP contribution in [0.15, 0.2) is 36.7 Å². The molecule has 0 radical (unpaired) electrons. The van der Waals surface area contributed by atoms with Crippen LogP contribution in [0.2, 0.25) is 0 Å². The molecule has 0 atom stereocenters. The van der Waals surface area contributed by atoms with Gasteiger partial charge in [0.05, 0.1) is 12.9 Å². The molecule has 0 aliphatic heterocycles. The van der Waals surface area contributed by atoms with E-state index in [0.29, 0.717) is 24.9 Å². The Morgan fingerprint density at radius 1 is 1.22 bits per heavy atom. The summed E-state index contributed by atoms with van der Waals surface area (Å²) < 4.78 is 33.8. The third-order valence-electron chi connectivity index (χ3n) is 4.11. The Bertz CT molecular complexity index is 1060. The topological polar surface area (TPSA) is 105 Å². The number of fused-ring (bicyclic) bond motifs is 1. The number of nitrogens with zero attached hydrogens (tertiary/aromatic N) is 4. The maximum atomic E-state index is 10.6. The maximum Gasteiger partial charge on any atom is 0.490 e. The highest BCUT2D eigenvalue weighted by Crippen LogP contribution is 2.22. The smallest absolute Gasteiger partial charge is 0.475 e. The van der Waals surface area contributed by atoms with Gasteiger partial charge >= 0.3 is 12.1 Å². The normalized spacial score (nSPS) is 10.7. The summed E-state index contributed by atoms with van der Waals surface area (Å²) in [6, 6.07) is 10.2. The zero-order valence-electron chi connectivity index (χ0n) is 17.4. The number of aryl methyl sites for hydroxylation is 1. The molecule has 0 amide bonds. The molecular weight excluding hydrogens is 425 g/mol. The van der Waals surface area contributed by atoms with Gasteiger partial charge < -0.3 is 20.3 Å². The van der Waals surface area contributed by atoms with Gasteiger partial charge in [0, 0.05) is 13.1 Å². The molecule has 0 spiro atoms. The third kappa shape index (κ3) is 7.16. The zero-order valence-corrected chi connectivity index (χ0v) is 17.4. The molecule has 0 fully saturated rings. The number of nitrogens with one attached hydrogen (secondary N) is 2. The maximum absolute atomic E-state index is 10.6. The lowest BCUT2D eigenvalue weighted by molar-refractivity contribution is -0.192. The Labute approximate surface area is 182 Å². The molecule has 0 bridgehead atoms. The van der Waals surface area contributed by atoms with Crippen LogP contribution in [0.25, 0.3) is 11.2 Å². The average molecular weight is 448 g/mol. The number of carboxylic acids is 1. The Balaban J connectivity index is 0.000000451. The van der Waals surface area contributed by atoms with Crippen molar-refractivity contribution in [3.8, 4) is 12.3 Å². The Morgan fingerprint density at radius 2 is 1.91 bits per heavy atom. The lowest BCUT2D eigenvalue weighted by atomic mass is 10.2. The molecule has 8 nitrogen and oxygen atoms in total. The van der Waals surface area contributed by atoms with Crippen LogP contribution in [0.3, 0.4) is 0 Å². The van der Waals surface area contributed by atoms with Crippen LogP contribution >= 0.6 is 0 Å². The van der Waals surface area contributed by atoms with Crippen LogP contribution in [0, 0.1) is 12.3 Å². The molecule has 3 rings (SSSR count). The number of aromatic nitrogens is 4. The summed E-state index contributed by atoms with van der Waals surface area (Å²) in [5.74, 6) is 1.02. The average Bonchev–Trinajstić information content (AvgIpc) is 3.18. The van der Waals surface area contributed by atoms with Crippen LogP contribution in [-0.2, 0) is 17.9 Å². The number of terminal acetylenes is 1. The molecule has 0 aliphatic rings. The van der Waals surface area contributed by atoms with Crippen molar-refractivity contribution in [3.05, 3.63) is 42.2 Å². The number of rotatable bonds is 8. The van der Waals surface area contributed by atoms with E-state index in [-0.39, 0.29) is 0 Å². The summed E-state index contributed by atoms with van der Waals surface area (Å²) in [4.78, 5) is 22.5. The number of anilines is 2. The van der Waals surface area contributed by atoms with E-state index >= 15 is 0 Å². The molecule has 170 valence electrons. The second kappa shape index (κ2) is 11.5. The zero-order chi connectivity index (χ0) is 23.6. The fourth-order valence-corrected chi connectivity index (χ4v) is 2.55. The first-order valence-electron chi connectivity index (χ1n) is 9.74.